The number of likely N-dealkylation sites (N-methyl/N-ethyl adjacent to an activating group) is 1. The minimum absolute atomic E-state index is 0.0691. The summed E-state index contributed by atoms with van der Waals surface area (Å²) in [6.45, 7) is 4.72. The maximum Gasteiger partial charge on any atom is 0.410 e. The molecule has 57 heavy (non-hydrogen) atoms. The molecule has 1 N–H and O–H groups in total. The number of amides is 2. The van der Waals surface area contributed by atoms with Crippen LogP contribution in [0, 0.1) is 5.82 Å². The molecule has 4 atom stereocenters. The third-order valence-corrected chi connectivity index (χ3v) is 11.0. The van der Waals surface area contributed by atoms with Gasteiger partial charge >= 0.3 is 12.2 Å². The lowest BCUT2D eigenvalue weighted by atomic mass is 9.82. The minimum atomic E-state index is -1.09. The number of fused-ring (bicyclic) bond motifs is 1. The summed E-state index contributed by atoms with van der Waals surface area (Å²) in [6, 6.07) is 29.2. The van der Waals surface area contributed by atoms with Crippen LogP contribution in [-0.4, -0.2) is 112 Å². The number of carbonyl (C=O) groups excluding carboxylic acids is 1. The van der Waals surface area contributed by atoms with Gasteiger partial charge in [0.15, 0.2) is 0 Å². The van der Waals surface area contributed by atoms with Gasteiger partial charge in [0.05, 0.1) is 44.1 Å². The van der Waals surface area contributed by atoms with E-state index in [1.807, 2.05) is 72.8 Å². The van der Waals surface area contributed by atoms with Crippen molar-refractivity contribution in [3.8, 4) is 11.5 Å². The Morgan fingerprint density at radius 3 is 2.51 bits per heavy atom. The van der Waals surface area contributed by atoms with Gasteiger partial charge in [-0.2, -0.15) is 0 Å². The SMILES string of the molecule is COCCCN1CCOc2ccc(COC3CN(C(=O)O)CC(N(C)C(=O)OCc4ccccc4)C3c3ccc(OC4CCN(c5cccc(F)c5)C4)cc3)cc21. The lowest BCUT2D eigenvalue weighted by Gasteiger charge is -2.45. The Morgan fingerprint density at radius 2 is 1.74 bits per heavy atom. The molecule has 4 aromatic rings. The van der Waals surface area contributed by atoms with Crippen LogP contribution in [0.25, 0.3) is 0 Å². The first-order chi connectivity index (χ1) is 27.7. The summed E-state index contributed by atoms with van der Waals surface area (Å²) in [5.74, 6) is 0.816. The molecule has 0 bridgehead atoms. The lowest BCUT2D eigenvalue weighted by Crippen LogP contribution is -2.59. The second kappa shape index (κ2) is 18.6. The molecule has 3 heterocycles. The van der Waals surface area contributed by atoms with Gasteiger partial charge in [-0.25, -0.2) is 14.0 Å². The van der Waals surface area contributed by atoms with Crippen LogP contribution in [0.5, 0.6) is 11.5 Å². The molecular weight excluding hydrogens is 732 g/mol. The number of carbonyl (C=O) groups is 2. The molecule has 0 saturated carbocycles. The van der Waals surface area contributed by atoms with E-state index in [9.17, 15) is 19.1 Å². The number of methoxy groups -OCH3 is 1. The summed E-state index contributed by atoms with van der Waals surface area (Å²) in [6.07, 6.45) is -0.678. The first kappa shape index (κ1) is 39.7. The predicted octanol–water partition coefficient (Wildman–Crippen LogP) is 7.02. The molecule has 0 radical (unpaired) electrons. The van der Waals surface area contributed by atoms with E-state index in [1.165, 1.54) is 21.9 Å². The molecule has 7 rings (SSSR count). The van der Waals surface area contributed by atoms with Gasteiger partial charge in [0.25, 0.3) is 0 Å². The standard InChI is InChI=1S/C44H51FN4O8/c1-46(44(52)56-29-31-8-4-3-5-9-31)39-27-49(43(50)51)28-41(55-30-32-12-17-40-38(24-32)47(21-23-54-40)19-7-22-53-2)42(39)33-13-15-36(16-14-33)57-37-18-20-48(26-37)35-11-6-10-34(45)25-35/h3-6,8-17,24-25,37,39,41-42H,7,18-23,26-30H2,1-2H3,(H,50,51). The molecule has 2 amide bonds. The third kappa shape index (κ3) is 9.89. The van der Waals surface area contributed by atoms with Crippen LogP contribution in [0.4, 0.5) is 25.4 Å². The van der Waals surface area contributed by atoms with E-state index < -0.39 is 30.3 Å². The third-order valence-electron chi connectivity index (χ3n) is 11.0. The second-order valence-corrected chi connectivity index (χ2v) is 14.8. The van der Waals surface area contributed by atoms with Crippen LogP contribution < -0.4 is 19.3 Å². The number of carboxylic acid groups (broad SMARTS) is 1. The van der Waals surface area contributed by atoms with Gasteiger partial charge in [0, 0.05) is 58.4 Å². The van der Waals surface area contributed by atoms with Gasteiger partial charge < -0.3 is 48.4 Å². The number of rotatable bonds is 14. The van der Waals surface area contributed by atoms with Crippen molar-refractivity contribution in [1.82, 2.24) is 9.80 Å². The topological polar surface area (TPSA) is 113 Å². The maximum atomic E-state index is 13.9. The average molecular weight is 783 g/mol. The Bertz CT molecular complexity index is 1950. The summed E-state index contributed by atoms with van der Waals surface area (Å²) < 4.78 is 44.0. The van der Waals surface area contributed by atoms with Gasteiger partial charge in [0.2, 0.25) is 0 Å². The Hall–Kier alpha value is -5.53. The smallest absolute Gasteiger partial charge is 0.410 e. The fourth-order valence-electron chi connectivity index (χ4n) is 8.00. The van der Waals surface area contributed by atoms with Crippen molar-refractivity contribution in [1.29, 1.82) is 0 Å². The van der Waals surface area contributed by atoms with Crippen LogP contribution in [0.2, 0.25) is 0 Å². The molecule has 302 valence electrons. The van der Waals surface area contributed by atoms with Crippen molar-refractivity contribution in [3.63, 3.8) is 0 Å². The molecule has 12 nitrogen and oxygen atoms in total. The Labute approximate surface area is 333 Å². The van der Waals surface area contributed by atoms with Crippen molar-refractivity contribution < 1.29 is 42.8 Å². The highest BCUT2D eigenvalue weighted by Crippen LogP contribution is 2.37. The fraction of sp³-hybridized carbons (Fsp3) is 0.409. The second-order valence-electron chi connectivity index (χ2n) is 14.8. The Balaban J connectivity index is 1.11. The molecule has 0 aliphatic carbocycles. The number of anilines is 2. The molecule has 3 aliphatic rings. The van der Waals surface area contributed by atoms with E-state index in [4.69, 9.17) is 23.7 Å². The van der Waals surface area contributed by atoms with Crippen LogP contribution in [0.3, 0.4) is 0 Å². The summed E-state index contributed by atoms with van der Waals surface area (Å²) in [5.41, 5.74) is 4.46. The van der Waals surface area contributed by atoms with Gasteiger partial charge in [0.1, 0.15) is 36.6 Å². The molecular formula is C44H51FN4O8. The first-order valence-corrected chi connectivity index (χ1v) is 19.6. The van der Waals surface area contributed by atoms with E-state index in [0.29, 0.717) is 25.5 Å². The Kier molecular flexibility index (Phi) is 13.0. The van der Waals surface area contributed by atoms with Gasteiger partial charge in [-0.05, 0) is 65.6 Å². The highest BCUT2D eigenvalue weighted by atomic mass is 19.1. The minimum Gasteiger partial charge on any atom is -0.490 e. The largest absolute Gasteiger partial charge is 0.490 e. The van der Waals surface area contributed by atoms with Gasteiger partial charge in [-0.1, -0.05) is 54.6 Å². The van der Waals surface area contributed by atoms with Crippen molar-refractivity contribution in [2.75, 3.05) is 76.4 Å². The summed E-state index contributed by atoms with van der Waals surface area (Å²) >= 11 is 0. The number of likely N-dealkylation sites (tertiary alicyclic amines) is 1. The first-order valence-electron chi connectivity index (χ1n) is 19.6. The zero-order valence-electron chi connectivity index (χ0n) is 32.5. The summed E-state index contributed by atoms with van der Waals surface area (Å²) in [4.78, 5) is 33.4. The highest BCUT2D eigenvalue weighted by Gasteiger charge is 2.44. The number of halogens is 1. The Morgan fingerprint density at radius 1 is 0.912 bits per heavy atom. The monoisotopic (exact) mass is 782 g/mol. The molecule has 2 saturated heterocycles. The lowest BCUT2D eigenvalue weighted by molar-refractivity contribution is -0.0476. The fourth-order valence-corrected chi connectivity index (χ4v) is 8.00. The molecule has 4 unspecified atom stereocenters. The summed E-state index contributed by atoms with van der Waals surface area (Å²) in [7, 11) is 3.35. The normalized spacial score (nSPS) is 20.4. The maximum absolute atomic E-state index is 13.9. The zero-order valence-corrected chi connectivity index (χ0v) is 32.5. The van der Waals surface area contributed by atoms with Crippen molar-refractivity contribution in [2.24, 2.45) is 0 Å². The molecule has 4 aromatic carbocycles. The number of nitrogens with zero attached hydrogens (tertiary/aromatic N) is 4. The van der Waals surface area contributed by atoms with Crippen LogP contribution >= 0.6 is 0 Å². The van der Waals surface area contributed by atoms with Crippen LogP contribution in [-0.2, 0) is 27.4 Å². The number of hydrogen-bond donors (Lipinski definition) is 1. The number of hydrogen-bond acceptors (Lipinski definition) is 9. The predicted molar refractivity (Wildman–Crippen MR) is 214 cm³/mol. The number of ether oxygens (including phenoxy) is 5. The van der Waals surface area contributed by atoms with Crippen LogP contribution in [0.1, 0.15) is 35.4 Å². The van der Waals surface area contributed by atoms with Crippen LogP contribution in [0.15, 0.2) is 97.1 Å². The zero-order chi connectivity index (χ0) is 39.7. The van der Waals surface area contributed by atoms with Gasteiger partial charge in [-0.3, -0.25) is 0 Å². The van der Waals surface area contributed by atoms with Crippen molar-refractivity contribution >= 4 is 23.6 Å². The summed E-state index contributed by atoms with van der Waals surface area (Å²) in [5, 5.41) is 10.3. The van der Waals surface area contributed by atoms with E-state index in [2.05, 4.69) is 15.9 Å². The highest BCUT2D eigenvalue weighted by molar-refractivity contribution is 5.69. The molecule has 0 aromatic heterocycles. The number of piperidine rings is 1. The van der Waals surface area contributed by atoms with E-state index in [1.54, 1.807) is 20.2 Å². The molecule has 3 aliphatic heterocycles. The quantitative estimate of drug-likeness (QED) is 0.134. The molecule has 13 heteroatoms. The van der Waals surface area contributed by atoms with Crippen molar-refractivity contribution in [2.45, 2.75) is 50.2 Å². The van der Waals surface area contributed by atoms with E-state index in [-0.39, 0.29) is 38.2 Å². The van der Waals surface area contributed by atoms with Crippen molar-refractivity contribution in [3.05, 3.63) is 120 Å². The molecule has 0 spiro atoms. The van der Waals surface area contributed by atoms with E-state index in [0.717, 1.165) is 66.3 Å². The molecule has 2 fully saturated rings. The van der Waals surface area contributed by atoms with Gasteiger partial charge in [-0.15, -0.1) is 0 Å². The number of benzene rings is 4. The average Bonchev–Trinajstić information content (AvgIpc) is 3.70. The van der Waals surface area contributed by atoms with E-state index >= 15 is 0 Å².